The van der Waals surface area contributed by atoms with Crippen molar-refractivity contribution >= 4 is 22.6 Å². The minimum absolute atomic E-state index is 0.0506. The van der Waals surface area contributed by atoms with Crippen LogP contribution < -0.4 is 14.4 Å². The van der Waals surface area contributed by atoms with E-state index in [4.69, 9.17) is 14.5 Å². The number of benzene rings is 3. The maximum Gasteiger partial charge on any atom is 0.227 e. The van der Waals surface area contributed by atoms with Gasteiger partial charge in [0.05, 0.1) is 24.8 Å². The number of carbonyl (C=O) groups excluding carboxylic acids is 1. The molecular formula is C28H29N3O3. The molecule has 34 heavy (non-hydrogen) atoms. The molecular weight excluding hydrogens is 426 g/mol. The molecule has 5 rings (SSSR count). The average molecular weight is 456 g/mol. The van der Waals surface area contributed by atoms with Crippen molar-refractivity contribution in [3.8, 4) is 11.5 Å². The summed E-state index contributed by atoms with van der Waals surface area (Å²) < 4.78 is 13.6. The Morgan fingerprint density at radius 1 is 0.971 bits per heavy atom. The van der Waals surface area contributed by atoms with Gasteiger partial charge in [0.2, 0.25) is 5.91 Å². The van der Waals surface area contributed by atoms with Gasteiger partial charge in [0.1, 0.15) is 5.82 Å². The third-order valence-corrected chi connectivity index (χ3v) is 6.43. The molecule has 0 aliphatic carbocycles. The molecule has 1 aliphatic heterocycles. The van der Waals surface area contributed by atoms with Crippen molar-refractivity contribution in [2.75, 3.05) is 25.2 Å². The Hall–Kier alpha value is -3.80. The minimum atomic E-state index is 0.0506. The number of anilines is 1. The highest BCUT2D eigenvalue weighted by Crippen LogP contribution is 2.34. The van der Waals surface area contributed by atoms with Crippen molar-refractivity contribution < 1.29 is 14.3 Å². The van der Waals surface area contributed by atoms with Crippen molar-refractivity contribution in [3.63, 3.8) is 0 Å². The van der Waals surface area contributed by atoms with Gasteiger partial charge in [-0.2, -0.15) is 0 Å². The van der Waals surface area contributed by atoms with Gasteiger partial charge in [-0.3, -0.25) is 4.79 Å². The second-order valence-electron chi connectivity index (χ2n) is 8.66. The summed E-state index contributed by atoms with van der Waals surface area (Å²) in [5.74, 6) is 2.66. The number of amides is 1. The van der Waals surface area contributed by atoms with Crippen LogP contribution in [0.2, 0.25) is 0 Å². The van der Waals surface area contributed by atoms with Gasteiger partial charge in [-0.1, -0.05) is 42.5 Å². The van der Waals surface area contributed by atoms with E-state index in [1.807, 2.05) is 78.6 Å². The zero-order chi connectivity index (χ0) is 23.5. The first-order chi connectivity index (χ1) is 16.7. The number of ether oxygens (including phenoxy) is 2. The van der Waals surface area contributed by atoms with Crippen molar-refractivity contribution in [1.82, 2.24) is 9.55 Å². The van der Waals surface area contributed by atoms with Crippen LogP contribution in [0.5, 0.6) is 11.5 Å². The summed E-state index contributed by atoms with van der Waals surface area (Å²) in [5, 5.41) is 0. The highest BCUT2D eigenvalue weighted by molar-refractivity contribution is 5.97. The van der Waals surface area contributed by atoms with Crippen LogP contribution in [-0.2, 0) is 11.3 Å². The SMILES string of the molecule is COc1ccccc1OCCCn1c(C2CC(=O)N(c3ccccc3C)C2)nc2ccccc21. The van der Waals surface area contributed by atoms with Gasteiger partial charge in [0.25, 0.3) is 0 Å². The lowest BCUT2D eigenvalue weighted by atomic mass is 10.1. The third-order valence-electron chi connectivity index (χ3n) is 6.43. The van der Waals surface area contributed by atoms with E-state index >= 15 is 0 Å². The van der Waals surface area contributed by atoms with Crippen molar-refractivity contribution in [2.45, 2.75) is 32.2 Å². The quantitative estimate of drug-likeness (QED) is 0.337. The van der Waals surface area contributed by atoms with Crippen molar-refractivity contribution in [3.05, 3.63) is 84.2 Å². The van der Waals surface area contributed by atoms with Crippen LogP contribution in [0.25, 0.3) is 11.0 Å². The number of aryl methyl sites for hydroxylation is 2. The van der Waals surface area contributed by atoms with E-state index in [2.05, 4.69) is 10.6 Å². The molecule has 1 aromatic heterocycles. The normalized spacial score (nSPS) is 15.8. The zero-order valence-corrected chi connectivity index (χ0v) is 19.6. The topological polar surface area (TPSA) is 56.6 Å². The lowest BCUT2D eigenvalue weighted by molar-refractivity contribution is -0.117. The number of para-hydroxylation sites is 5. The Balaban J connectivity index is 1.35. The monoisotopic (exact) mass is 455 g/mol. The van der Waals surface area contributed by atoms with Gasteiger partial charge in [-0.15, -0.1) is 0 Å². The van der Waals surface area contributed by atoms with E-state index in [-0.39, 0.29) is 11.8 Å². The van der Waals surface area contributed by atoms with E-state index in [0.29, 0.717) is 19.6 Å². The second-order valence-corrected chi connectivity index (χ2v) is 8.66. The first-order valence-corrected chi connectivity index (χ1v) is 11.7. The Kier molecular flexibility index (Phi) is 6.21. The summed E-state index contributed by atoms with van der Waals surface area (Å²) in [6.45, 7) is 4.02. The fraction of sp³-hybridized carbons (Fsp3) is 0.286. The number of nitrogens with zero attached hydrogens (tertiary/aromatic N) is 3. The predicted octanol–water partition coefficient (Wildman–Crippen LogP) is 5.34. The van der Waals surface area contributed by atoms with Crippen molar-refractivity contribution in [1.29, 1.82) is 0 Å². The predicted molar refractivity (Wildman–Crippen MR) is 134 cm³/mol. The van der Waals surface area contributed by atoms with Crippen LogP contribution in [-0.4, -0.2) is 35.7 Å². The van der Waals surface area contributed by atoms with Gasteiger partial charge in [0, 0.05) is 31.1 Å². The summed E-state index contributed by atoms with van der Waals surface area (Å²) in [4.78, 5) is 19.9. The molecule has 1 atom stereocenters. The number of rotatable bonds is 8. The van der Waals surface area contributed by atoms with E-state index in [9.17, 15) is 4.79 Å². The smallest absolute Gasteiger partial charge is 0.227 e. The Labute approximate surface area is 199 Å². The number of carbonyl (C=O) groups is 1. The third kappa shape index (κ3) is 4.23. The van der Waals surface area contributed by atoms with Crippen LogP contribution >= 0.6 is 0 Å². The average Bonchev–Trinajstić information content (AvgIpc) is 3.43. The lowest BCUT2D eigenvalue weighted by Crippen LogP contribution is -2.25. The molecule has 0 bridgehead atoms. The Bertz CT molecular complexity index is 1310. The molecule has 4 aromatic rings. The summed E-state index contributed by atoms with van der Waals surface area (Å²) >= 11 is 0. The molecule has 174 valence electrons. The lowest BCUT2D eigenvalue weighted by Gasteiger charge is -2.19. The molecule has 3 aromatic carbocycles. The van der Waals surface area contributed by atoms with Crippen LogP contribution in [0.15, 0.2) is 72.8 Å². The molecule has 1 unspecified atom stereocenters. The highest BCUT2D eigenvalue weighted by Gasteiger charge is 2.35. The molecule has 6 nitrogen and oxygen atoms in total. The first kappa shape index (κ1) is 22.0. The fourth-order valence-corrected chi connectivity index (χ4v) is 4.76. The maximum atomic E-state index is 13.0. The molecule has 1 fully saturated rings. The first-order valence-electron chi connectivity index (χ1n) is 11.7. The van der Waals surface area contributed by atoms with Crippen LogP contribution in [0.3, 0.4) is 0 Å². The van der Waals surface area contributed by atoms with Gasteiger partial charge >= 0.3 is 0 Å². The Morgan fingerprint density at radius 2 is 1.71 bits per heavy atom. The van der Waals surface area contributed by atoms with Gasteiger partial charge in [-0.05, 0) is 49.2 Å². The van der Waals surface area contributed by atoms with Crippen molar-refractivity contribution in [2.24, 2.45) is 0 Å². The molecule has 0 saturated carbocycles. The van der Waals surface area contributed by atoms with Gasteiger partial charge in [-0.25, -0.2) is 4.98 Å². The molecule has 1 aliphatic rings. The number of hydrogen-bond acceptors (Lipinski definition) is 4. The number of imidazole rings is 1. The van der Waals surface area contributed by atoms with E-state index < -0.39 is 0 Å². The number of fused-ring (bicyclic) bond motifs is 1. The summed E-state index contributed by atoms with van der Waals surface area (Å²) in [7, 11) is 1.65. The molecule has 2 heterocycles. The minimum Gasteiger partial charge on any atom is -0.493 e. The molecule has 0 radical (unpaired) electrons. The molecule has 6 heteroatoms. The number of aromatic nitrogens is 2. The largest absolute Gasteiger partial charge is 0.493 e. The zero-order valence-electron chi connectivity index (χ0n) is 19.6. The molecule has 0 N–H and O–H groups in total. The fourth-order valence-electron chi connectivity index (χ4n) is 4.76. The van der Waals surface area contributed by atoms with E-state index in [0.717, 1.165) is 52.6 Å². The van der Waals surface area contributed by atoms with Crippen LogP contribution in [0.1, 0.15) is 30.1 Å². The molecule has 0 spiro atoms. The van der Waals surface area contributed by atoms with Gasteiger partial charge < -0.3 is 18.9 Å². The van der Waals surface area contributed by atoms with Gasteiger partial charge in [0.15, 0.2) is 11.5 Å². The molecule has 1 amide bonds. The van der Waals surface area contributed by atoms with E-state index in [1.54, 1.807) is 7.11 Å². The summed E-state index contributed by atoms with van der Waals surface area (Å²) in [5.41, 5.74) is 4.16. The number of hydrogen-bond donors (Lipinski definition) is 0. The molecule has 1 saturated heterocycles. The second kappa shape index (κ2) is 9.59. The summed E-state index contributed by atoms with van der Waals surface area (Å²) in [6, 6.07) is 23.9. The maximum absolute atomic E-state index is 13.0. The van der Waals surface area contributed by atoms with Crippen LogP contribution in [0.4, 0.5) is 5.69 Å². The summed E-state index contributed by atoms with van der Waals surface area (Å²) in [6.07, 6.45) is 1.28. The van der Waals surface area contributed by atoms with Crippen LogP contribution in [0, 0.1) is 6.92 Å². The standard InChI is InChI=1S/C28H29N3O3/c1-20-10-3-5-12-23(20)31-19-21(18-27(31)32)28-29-22-11-4-6-13-24(22)30(28)16-9-17-34-26-15-8-7-14-25(26)33-2/h3-8,10-15,21H,9,16-19H2,1-2H3. The van der Waals surface area contributed by atoms with E-state index in [1.165, 1.54) is 0 Å². The number of methoxy groups -OCH3 is 1. The highest BCUT2D eigenvalue weighted by atomic mass is 16.5. The Morgan fingerprint density at radius 3 is 2.53 bits per heavy atom.